The summed E-state index contributed by atoms with van der Waals surface area (Å²) >= 11 is 1.23. The summed E-state index contributed by atoms with van der Waals surface area (Å²) in [6.45, 7) is 3.26. The first-order valence-electron chi connectivity index (χ1n) is 12.1. The van der Waals surface area contributed by atoms with Gasteiger partial charge in [-0.05, 0) is 56.6 Å². The summed E-state index contributed by atoms with van der Waals surface area (Å²) in [5.41, 5.74) is 1.61. The van der Waals surface area contributed by atoms with Gasteiger partial charge in [-0.2, -0.15) is 0 Å². The van der Waals surface area contributed by atoms with Gasteiger partial charge in [-0.3, -0.25) is 9.69 Å². The molecule has 2 aromatic carbocycles. The van der Waals surface area contributed by atoms with Gasteiger partial charge in [0.05, 0.1) is 22.4 Å². The van der Waals surface area contributed by atoms with Crippen LogP contribution in [0.3, 0.4) is 0 Å². The van der Waals surface area contributed by atoms with Crippen molar-refractivity contribution in [3.8, 4) is 11.5 Å². The number of carbonyl (C=O) groups is 2. The number of nitrogens with one attached hydrogen (secondary N) is 3. The molecule has 8 nitrogen and oxygen atoms in total. The number of para-hydroxylation sites is 1. The molecule has 0 aliphatic carbocycles. The molecule has 10 heteroatoms. The van der Waals surface area contributed by atoms with Crippen molar-refractivity contribution in [2.24, 2.45) is 0 Å². The first-order valence-corrected chi connectivity index (χ1v) is 12.9. The fraction of sp³-hybridized carbons (Fsp3) is 0.222. The number of urea groups is 1. The summed E-state index contributed by atoms with van der Waals surface area (Å²) in [5.74, 6) is -0.220. The molecule has 1 fully saturated rings. The first kappa shape index (κ1) is 23.4. The second-order valence-electron chi connectivity index (χ2n) is 9.04. The second-order valence-corrected chi connectivity index (χ2v) is 10.0. The number of halogens is 1. The Balaban J connectivity index is 1.37. The van der Waals surface area contributed by atoms with Gasteiger partial charge in [0, 0.05) is 24.3 Å². The lowest BCUT2D eigenvalue weighted by molar-refractivity contribution is 0.0935. The van der Waals surface area contributed by atoms with Crippen LogP contribution >= 0.6 is 11.3 Å². The van der Waals surface area contributed by atoms with Crippen molar-refractivity contribution in [1.29, 1.82) is 0 Å². The minimum atomic E-state index is -0.559. The Morgan fingerprint density at radius 2 is 2.03 bits per heavy atom. The number of hydrogen-bond acceptors (Lipinski definition) is 6. The Kier molecular flexibility index (Phi) is 5.97. The average molecular weight is 518 g/mol. The molecule has 3 N–H and O–H groups in total. The van der Waals surface area contributed by atoms with Crippen LogP contribution in [0, 0.1) is 12.7 Å². The van der Waals surface area contributed by atoms with Crippen LogP contribution in [0.5, 0.6) is 11.5 Å². The lowest BCUT2D eigenvalue weighted by Crippen LogP contribution is -2.45. The quantitative estimate of drug-likeness (QED) is 0.316. The van der Waals surface area contributed by atoms with Crippen LogP contribution < -0.4 is 25.6 Å². The third kappa shape index (κ3) is 4.17. The summed E-state index contributed by atoms with van der Waals surface area (Å²) in [5, 5.41) is 9.88. The Bertz CT molecular complexity index is 1520. The number of thiophene rings is 1. The third-order valence-electron chi connectivity index (χ3n) is 6.62. The average Bonchev–Trinajstić information content (AvgIpc) is 3.28. The number of benzene rings is 2. The van der Waals surface area contributed by atoms with Gasteiger partial charge in [-0.25, -0.2) is 14.2 Å². The number of carbonyl (C=O) groups excluding carboxylic acids is 2. The molecule has 2 aliphatic heterocycles. The highest BCUT2D eigenvalue weighted by molar-refractivity contribution is 7.21. The molecule has 0 spiro atoms. The Morgan fingerprint density at radius 1 is 1.19 bits per heavy atom. The van der Waals surface area contributed by atoms with Gasteiger partial charge in [0.2, 0.25) is 0 Å². The van der Waals surface area contributed by atoms with Crippen LogP contribution in [0.2, 0.25) is 0 Å². The molecule has 0 saturated carbocycles. The van der Waals surface area contributed by atoms with Gasteiger partial charge in [0.15, 0.2) is 11.6 Å². The molecule has 2 aromatic heterocycles. The number of pyridine rings is 1. The highest BCUT2D eigenvalue weighted by Crippen LogP contribution is 2.47. The predicted octanol–water partition coefficient (Wildman–Crippen LogP) is 5.70. The van der Waals surface area contributed by atoms with Gasteiger partial charge >= 0.3 is 6.03 Å². The SMILES string of the molecule is Cc1c(N2C(=O)Nc3c(C(=O)N[C@@H]4CCCNC4)sc4nccc2c34)ccc(Oc2ccccc2)c1F. The van der Waals surface area contributed by atoms with Crippen molar-refractivity contribution in [2.45, 2.75) is 25.8 Å². The number of anilines is 3. The third-order valence-corrected chi connectivity index (χ3v) is 7.72. The van der Waals surface area contributed by atoms with Crippen LogP contribution in [0.1, 0.15) is 28.1 Å². The van der Waals surface area contributed by atoms with E-state index in [1.807, 2.05) is 6.07 Å². The maximum Gasteiger partial charge on any atom is 0.331 e. The molecule has 2 aliphatic rings. The molecule has 0 radical (unpaired) electrons. The zero-order valence-corrected chi connectivity index (χ0v) is 20.8. The zero-order chi connectivity index (χ0) is 25.5. The highest BCUT2D eigenvalue weighted by Gasteiger charge is 2.34. The molecule has 37 heavy (non-hydrogen) atoms. The smallest absolute Gasteiger partial charge is 0.331 e. The van der Waals surface area contributed by atoms with Crippen molar-refractivity contribution in [3.63, 3.8) is 0 Å². The van der Waals surface area contributed by atoms with Gasteiger partial charge in [-0.15, -0.1) is 11.3 Å². The van der Waals surface area contributed by atoms with Gasteiger partial charge in [0.25, 0.3) is 5.91 Å². The van der Waals surface area contributed by atoms with Gasteiger partial charge in [-0.1, -0.05) is 18.2 Å². The first-order chi connectivity index (χ1) is 18.0. The standard InChI is InChI=1S/C27H24FN5O3S/c1-15-18(9-10-20(22(15)28)36-17-7-3-2-4-8-17)33-19-11-13-30-26-21(19)23(32-27(33)35)24(37-26)25(34)31-16-6-5-12-29-14-16/h2-4,7-11,13,16,29H,5-6,12,14H2,1H3,(H,31,34)(H,32,35)/t16-/m1/s1. The second kappa shape index (κ2) is 9.45. The number of hydrogen-bond donors (Lipinski definition) is 3. The summed E-state index contributed by atoms with van der Waals surface area (Å²) < 4.78 is 21.1. The molecule has 1 atom stereocenters. The van der Waals surface area contributed by atoms with E-state index in [1.54, 1.807) is 49.5 Å². The van der Waals surface area contributed by atoms with Crippen LogP contribution in [-0.2, 0) is 0 Å². The van der Waals surface area contributed by atoms with Gasteiger partial charge < -0.3 is 20.7 Å². The topological polar surface area (TPSA) is 95.6 Å². The number of nitrogens with zero attached hydrogens (tertiary/aromatic N) is 2. The summed E-state index contributed by atoms with van der Waals surface area (Å²) in [4.78, 5) is 33.4. The van der Waals surface area contributed by atoms with E-state index in [9.17, 15) is 9.59 Å². The van der Waals surface area contributed by atoms with Crippen LogP contribution in [0.25, 0.3) is 10.2 Å². The molecule has 4 heterocycles. The van der Waals surface area contributed by atoms with E-state index in [-0.39, 0.29) is 23.3 Å². The molecular formula is C27H24FN5O3S. The van der Waals surface area contributed by atoms with Crippen LogP contribution in [0.4, 0.5) is 26.2 Å². The van der Waals surface area contributed by atoms with E-state index in [1.165, 1.54) is 22.3 Å². The van der Waals surface area contributed by atoms with Crippen molar-refractivity contribution in [1.82, 2.24) is 15.6 Å². The van der Waals surface area contributed by atoms with E-state index in [0.717, 1.165) is 19.4 Å². The predicted molar refractivity (Wildman–Crippen MR) is 142 cm³/mol. The Morgan fingerprint density at radius 3 is 2.81 bits per heavy atom. The molecule has 3 amide bonds. The normalized spacial score (nSPS) is 17.0. The van der Waals surface area contributed by atoms with Crippen LogP contribution in [0.15, 0.2) is 54.7 Å². The van der Waals surface area contributed by atoms with E-state index in [2.05, 4.69) is 20.9 Å². The Hall–Kier alpha value is -4.02. The summed E-state index contributed by atoms with van der Waals surface area (Å²) in [6, 6.07) is 13.4. The zero-order valence-electron chi connectivity index (χ0n) is 20.0. The Labute approximate surface area is 216 Å². The van der Waals surface area contributed by atoms with Crippen molar-refractivity contribution >= 4 is 50.6 Å². The molecule has 4 aromatic rings. The van der Waals surface area contributed by atoms with Crippen molar-refractivity contribution in [3.05, 3.63) is 71.0 Å². The number of aromatic nitrogens is 1. The van der Waals surface area contributed by atoms with E-state index in [4.69, 9.17) is 4.74 Å². The number of amides is 3. The number of piperidine rings is 1. The minimum absolute atomic E-state index is 0.0316. The number of rotatable bonds is 5. The van der Waals surface area contributed by atoms with Crippen molar-refractivity contribution in [2.75, 3.05) is 23.3 Å². The van der Waals surface area contributed by atoms with E-state index >= 15 is 4.39 Å². The monoisotopic (exact) mass is 517 g/mol. The summed E-state index contributed by atoms with van der Waals surface area (Å²) in [6.07, 6.45) is 3.49. The minimum Gasteiger partial charge on any atom is -0.454 e. The fourth-order valence-corrected chi connectivity index (χ4v) is 5.82. The lowest BCUT2D eigenvalue weighted by Gasteiger charge is -2.30. The summed E-state index contributed by atoms with van der Waals surface area (Å²) in [7, 11) is 0. The van der Waals surface area contributed by atoms with Crippen LogP contribution in [-0.4, -0.2) is 36.1 Å². The molecule has 188 valence electrons. The molecule has 0 unspecified atom stereocenters. The van der Waals surface area contributed by atoms with Crippen molar-refractivity contribution < 1.29 is 18.7 Å². The van der Waals surface area contributed by atoms with Gasteiger partial charge in [0.1, 0.15) is 15.5 Å². The lowest BCUT2D eigenvalue weighted by atomic mass is 10.1. The fourth-order valence-electron chi connectivity index (χ4n) is 4.80. The maximum atomic E-state index is 15.4. The molecule has 6 rings (SSSR count). The molecular weight excluding hydrogens is 493 g/mol. The highest BCUT2D eigenvalue weighted by atomic mass is 32.1. The maximum absolute atomic E-state index is 15.4. The number of ether oxygens (including phenoxy) is 1. The molecule has 1 saturated heterocycles. The van der Waals surface area contributed by atoms with E-state index < -0.39 is 11.8 Å². The molecule has 0 bridgehead atoms. The largest absolute Gasteiger partial charge is 0.454 e. The van der Waals surface area contributed by atoms with E-state index in [0.29, 0.717) is 44.5 Å².